The summed E-state index contributed by atoms with van der Waals surface area (Å²) in [6, 6.07) is 5.52. The molecule has 3 heteroatoms. The van der Waals surface area contributed by atoms with Gasteiger partial charge >= 0.3 is 0 Å². The van der Waals surface area contributed by atoms with Crippen molar-refractivity contribution in [1.29, 1.82) is 0 Å². The second kappa shape index (κ2) is 4.07. The molecule has 1 aromatic carbocycles. The molecule has 0 unspecified atom stereocenters. The Morgan fingerprint density at radius 1 is 1.36 bits per heavy atom. The highest BCUT2D eigenvalue weighted by molar-refractivity contribution is 5.30. The van der Waals surface area contributed by atoms with Crippen molar-refractivity contribution in [3.8, 4) is 0 Å². The van der Waals surface area contributed by atoms with Crippen LogP contribution in [0.1, 0.15) is 17.2 Å². The minimum absolute atomic E-state index is 0.116. The van der Waals surface area contributed by atoms with E-state index in [9.17, 15) is 4.39 Å². The Labute approximate surface area is 83.5 Å². The molecular weight excluding hydrogens is 179 g/mol. The SMILES string of the molecule is Cc1c(F)cccc1[C@@H]1CNCCN1. The maximum Gasteiger partial charge on any atom is 0.126 e. The standard InChI is InChI=1S/C11H15FN2/c1-8-9(3-2-4-10(8)12)11-7-13-5-6-14-11/h2-4,11,13-14H,5-7H2,1H3/t11-/m0/s1. The molecule has 1 aliphatic rings. The van der Waals surface area contributed by atoms with Gasteiger partial charge < -0.3 is 10.6 Å². The summed E-state index contributed by atoms with van der Waals surface area (Å²) in [5.41, 5.74) is 1.82. The molecule has 1 fully saturated rings. The van der Waals surface area contributed by atoms with Gasteiger partial charge in [-0.3, -0.25) is 0 Å². The van der Waals surface area contributed by atoms with Crippen LogP contribution in [0.5, 0.6) is 0 Å². The number of nitrogens with one attached hydrogen (secondary N) is 2. The molecule has 2 rings (SSSR count). The van der Waals surface area contributed by atoms with Gasteiger partial charge in [0.1, 0.15) is 5.82 Å². The fraction of sp³-hybridized carbons (Fsp3) is 0.455. The molecule has 1 saturated heterocycles. The Balaban J connectivity index is 2.26. The van der Waals surface area contributed by atoms with Crippen molar-refractivity contribution in [3.63, 3.8) is 0 Å². The average Bonchev–Trinajstić information content (AvgIpc) is 2.23. The third kappa shape index (κ3) is 1.79. The largest absolute Gasteiger partial charge is 0.314 e. The second-order valence-electron chi connectivity index (χ2n) is 3.66. The predicted molar refractivity (Wildman–Crippen MR) is 54.8 cm³/mol. The normalized spacial score (nSPS) is 22.3. The van der Waals surface area contributed by atoms with Crippen LogP contribution in [0.3, 0.4) is 0 Å². The van der Waals surface area contributed by atoms with Crippen LogP contribution in [0.4, 0.5) is 4.39 Å². The minimum Gasteiger partial charge on any atom is -0.314 e. The van der Waals surface area contributed by atoms with Gasteiger partial charge in [0.2, 0.25) is 0 Å². The predicted octanol–water partition coefficient (Wildman–Crippen LogP) is 1.37. The number of benzene rings is 1. The van der Waals surface area contributed by atoms with Gasteiger partial charge in [0.25, 0.3) is 0 Å². The molecule has 0 bridgehead atoms. The Kier molecular flexibility index (Phi) is 2.79. The van der Waals surface area contributed by atoms with Crippen LogP contribution in [-0.4, -0.2) is 19.6 Å². The van der Waals surface area contributed by atoms with E-state index in [0.29, 0.717) is 0 Å². The fourth-order valence-electron chi connectivity index (χ4n) is 1.87. The van der Waals surface area contributed by atoms with Crippen LogP contribution in [0.15, 0.2) is 18.2 Å². The molecule has 1 heterocycles. The summed E-state index contributed by atoms with van der Waals surface area (Å²) in [5, 5.41) is 6.67. The quantitative estimate of drug-likeness (QED) is 0.705. The minimum atomic E-state index is -0.116. The molecule has 0 saturated carbocycles. The summed E-state index contributed by atoms with van der Waals surface area (Å²) >= 11 is 0. The Morgan fingerprint density at radius 3 is 2.93 bits per heavy atom. The molecule has 0 aromatic heterocycles. The van der Waals surface area contributed by atoms with Crippen molar-refractivity contribution in [3.05, 3.63) is 35.1 Å². The fourth-order valence-corrected chi connectivity index (χ4v) is 1.87. The molecule has 2 nitrogen and oxygen atoms in total. The molecule has 1 aromatic rings. The van der Waals surface area contributed by atoms with Crippen molar-refractivity contribution < 1.29 is 4.39 Å². The average molecular weight is 194 g/mol. The van der Waals surface area contributed by atoms with Gasteiger partial charge in [0.05, 0.1) is 0 Å². The zero-order valence-corrected chi connectivity index (χ0v) is 8.31. The topological polar surface area (TPSA) is 24.1 Å². The summed E-state index contributed by atoms with van der Waals surface area (Å²) in [6.07, 6.45) is 0. The molecule has 0 radical (unpaired) electrons. The third-order valence-corrected chi connectivity index (χ3v) is 2.73. The van der Waals surface area contributed by atoms with Crippen molar-refractivity contribution in [2.75, 3.05) is 19.6 Å². The van der Waals surface area contributed by atoms with E-state index >= 15 is 0 Å². The van der Waals surface area contributed by atoms with E-state index in [4.69, 9.17) is 0 Å². The molecule has 2 N–H and O–H groups in total. The van der Waals surface area contributed by atoms with Crippen molar-refractivity contribution in [2.24, 2.45) is 0 Å². The smallest absolute Gasteiger partial charge is 0.126 e. The first-order chi connectivity index (χ1) is 6.79. The van der Waals surface area contributed by atoms with Crippen LogP contribution < -0.4 is 10.6 Å². The zero-order valence-electron chi connectivity index (χ0n) is 8.31. The summed E-state index contributed by atoms with van der Waals surface area (Å²) in [4.78, 5) is 0. The monoisotopic (exact) mass is 194 g/mol. The van der Waals surface area contributed by atoms with Crippen molar-refractivity contribution in [1.82, 2.24) is 10.6 Å². The number of piperazine rings is 1. The second-order valence-corrected chi connectivity index (χ2v) is 3.66. The molecule has 76 valence electrons. The number of hydrogen-bond donors (Lipinski definition) is 2. The van der Waals surface area contributed by atoms with Gasteiger partial charge in [-0.25, -0.2) is 4.39 Å². The van der Waals surface area contributed by atoms with Crippen molar-refractivity contribution >= 4 is 0 Å². The van der Waals surface area contributed by atoms with E-state index in [1.807, 2.05) is 13.0 Å². The van der Waals surface area contributed by atoms with Gasteiger partial charge in [-0.2, -0.15) is 0 Å². The zero-order chi connectivity index (χ0) is 9.97. The Bertz CT molecular complexity index is 319. The summed E-state index contributed by atoms with van der Waals surface area (Å²) < 4.78 is 13.3. The van der Waals surface area contributed by atoms with Crippen LogP contribution in [0.25, 0.3) is 0 Å². The van der Waals surface area contributed by atoms with Crippen molar-refractivity contribution in [2.45, 2.75) is 13.0 Å². The highest BCUT2D eigenvalue weighted by Crippen LogP contribution is 2.20. The molecule has 0 amide bonds. The van der Waals surface area contributed by atoms with Gasteiger partial charge in [-0.1, -0.05) is 12.1 Å². The highest BCUT2D eigenvalue weighted by Gasteiger charge is 2.16. The first-order valence-corrected chi connectivity index (χ1v) is 4.98. The van der Waals surface area contributed by atoms with E-state index < -0.39 is 0 Å². The number of hydrogen-bond acceptors (Lipinski definition) is 2. The maximum atomic E-state index is 13.3. The van der Waals surface area contributed by atoms with Crippen LogP contribution in [0.2, 0.25) is 0 Å². The number of halogens is 1. The van der Waals surface area contributed by atoms with Crippen LogP contribution in [0, 0.1) is 12.7 Å². The Morgan fingerprint density at radius 2 is 2.21 bits per heavy atom. The van der Waals surface area contributed by atoms with Crippen LogP contribution in [-0.2, 0) is 0 Å². The lowest BCUT2D eigenvalue weighted by molar-refractivity contribution is 0.427. The Hall–Kier alpha value is -0.930. The van der Waals surface area contributed by atoms with E-state index in [2.05, 4.69) is 10.6 Å². The lowest BCUT2D eigenvalue weighted by Crippen LogP contribution is -2.42. The summed E-state index contributed by atoms with van der Waals surface area (Å²) in [7, 11) is 0. The number of rotatable bonds is 1. The van der Waals surface area contributed by atoms with Gasteiger partial charge in [0.15, 0.2) is 0 Å². The van der Waals surface area contributed by atoms with E-state index in [0.717, 1.165) is 30.8 Å². The molecule has 0 spiro atoms. The lowest BCUT2D eigenvalue weighted by Gasteiger charge is -2.26. The van der Waals surface area contributed by atoms with E-state index in [1.54, 1.807) is 6.07 Å². The van der Waals surface area contributed by atoms with Gasteiger partial charge in [0, 0.05) is 25.7 Å². The molecule has 1 atom stereocenters. The first-order valence-electron chi connectivity index (χ1n) is 4.98. The van der Waals surface area contributed by atoms with Crippen LogP contribution >= 0.6 is 0 Å². The highest BCUT2D eigenvalue weighted by atomic mass is 19.1. The molecule has 1 aliphatic heterocycles. The summed E-state index contributed by atoms with van der Waals surface area (Å²) in [6.45, 7) is 4.65. The maximum absolute atomic E-state index is 13.3. The lowest BCUT2D eigenvalue weighted by atomic mass is 10.00. The first kappa shape index (κ1) is 9.62. The van der Waals surface area contributed by atoms with Gasteiger partial charge in [-0.05, 0) is 24.1 Å². The van der Waals surface area contributed by atoms with Gasteiger partial charge in [-0.15, -0.1) is 0 Å². The molecule has 0 aliphatic carbocycles. The third-order valence-electron chi connectivity index (χ3n) is 2.73. The summed E-state index contributed by atoms with van der Waals surface area (Å²) in [5.74, 6) is -0.116. The van der Waals surface area contributed by atoms with E-state index in [1.165, 1.54) is 6.07 Å². The van der Waals surface area contributed by atoms with E-state index in [-0.39, 0.29) is 11.9 Å². The molecular formula is C11H15FN2. The molecule has 14 heavy (non-hydrogen) atoms.